The Morgan fingerprint density at radius 3 is 2.65 bits per heavy atom. The van der Waals surface area contributed by atoms with Crippen molar-refractivity contribution in [3.63, 3.8) is 0 Å². The predicted molar refractivity (Wildman–Crippen MR) is 100 cm³/mol. The Labute approximate surface area is 154 Å². The van der Waals surface area contributed by atoms with Crippen LogP contribution in [0.3, 0.4) is 0 Å². The number of carbonyl (C=O) groups excluding carboxylic acids is 1. The lowest BCUT2D eigenvalue weighted by molar-refractivity contribution is 0.113. The maximum absolute atomic E-state index is 12.5. The van der Waals surface area contributed by atoms with Crippen molar-refractivity contribution in [3.8, 4) is 0 Å². The first-order valence-corrected chi connectivity index (χ1v) is 9.36. The van der Waals surface area contributed by atoms with Crippen molar-refractivity contribution in [2.45, 2.75) is 39.8 Å². The summed E-state index contributed by atoms with van der Waals surface area (Å²) in [5.41, 5.74) is 2.16. The van der Waals surface area contributed by atoms with E-state index in [2.05, 4.69) is 42.2 Å². The fourth-order valence-corrected chi connectivity index (χ4v) is 3.64. The Bertz CT molecular complexity index is 714. The SMILES string of the molecule is CCN(CC)[C@@H](CNC(=O)N1CC(n2nc(C)cc2C)C1)c1ccco1. The maximum atomic E-state index is 12.5. The summed E-state index contributed by atoms with van der Waals surface area (Å²) >= 11 is 0. The van der Waals surface area contributed by atoms with Gasteiger partial charge in [-0.15, -0.1) is 0 Å². The molecule has 3 rings (SSSR count). The van der Waals surface area contributed by atoms with Gasteiger partial charge in [0.25, 0.3) is 0 Å². The molecule has 1 aliphatic rings. The minimum absolute atomic E-state index is 0.0218. The normalized spacial score (nSPS) is 16.0. The van der Waals surface area contributed by atoms with Crippen molar-refractivity contribution in [1.82, 2.24) is 24.9 Å². The van der Waals surface area contributed by atoms with E-state index in [9.17, 15) is 4.79 Å². The lowest BCUT2D eigenvalue weighted by Gasteiger charge is -2.40. The van der Waals surface area contributed by atoms with Crippen molar-refractivity contribution >= 4 is 6.03 Å². The number of nitrogens with zero attached hydrogens (tertiary/aromatic N) is 4. The molecule has 1 atom stereocenters. The van der Waals surface area contributed by atoms with E-state index in [-0.39, 0.29) is 18.1 Å². The molecule has 0 aliphatic carbocycles. The summed E-state index contributed by atoms with van der Waals surface area (Å²) in [7, 11) is 0. The number of likely N-dealkylation sites (N-methyl/N-ethyl adjacent to an activating group) is 1. The molecule has 2 amide bonds. The molecule has 0 unspecified atom stereocenters. The van der Waals surface area contributed by atoms with E-state index in [1.807, 2.05) is 28.6 Å². The molecule has 0 spiro atoms. The fraction of sp³-hybridized carbons (Fsp3) is 0.579. The predicted octanol–water partition coefficient (Wildman–Crippen LogP) is 2.74. The van der Waals surface area contributed by atoms with Gasteiger partial charge < -0.3 is 14.6 Å². The smallest absolute Gasteiger partial charge is 0.317 e. The van der Waals surface area contributed by atoms with Gasteiger partial charge in [-0.2, -0.15) is 5.10 Å². The Hall–Kier alpha value is -2.28. The van der Waals surface area contributed by atoms with Gasteiger partial charge in [-0.1, -0.05) is 13.8 Å². The summed E-state index contributed by atoms with van der Waals surface area (Å²) in [4.78, 5) is 16.6. The van der Waals surface area contributed by atoms with Gasteiger partial charge in [0.05, 0.1) is 24.0 Å². The van der Waals surface area contributed by atoms with Crippen molar-refractivity contribution in [1.29, 1.82) is 0 Å². The summed E-state index contributed by atoms with van der Waals surface area (Å²) in [6, 6.07) is 6.24. The first-order chi connectivity index (χ1) is 12.5. The molecule has 0 radical (unpaired) electrons. The van der Waals surface area contributed by atoms with E-state index in [0.717, 1.165) is 30.2 Å². The highest BCUT2D eigenvalue weighted by Gasteiger charge is 2.33. The molecule has 2 aromatic heterocycles. The van der Waals surface area contributed by atoms with Crippen molar-refractivity contribution < 1.29 is 9.21 Å². The van der Waals surface area contributed by atoms with Crippen LogP contribution in [0.5, 0.6) is 0 Å². The number of carbonyl (C=O) groups is 1. The number of rotatable bonds is 7. The van der Waals surface area contributed by atoms with Gasteiger partial charge in [-0.3, -0.25) is 9.58 Å². The molecule has 142 valence electrons. The standard InChI is InChI=1S/C19H29N5O2/c1-5-22(6-2)17(18-8-7-9-26-18)11-20-19(25)23-12-16(13-23)24-15(4)10-14(3)21-24/h7-10,16-17H,5-6,11-13H2,1-4H3,(H,20,25)/t17-/m0/s1. The second-order valence-corrected chi connectivity index (χ2v) is 6.87. The van der Waals surface area contributed by atoms with Crippen LogP contribution >= 0.6 is 0 Å². The number of hydrogen-bond acceptors (Lipinski definition) is 4. The van der Waals surface area contributed by atoms with Gasteiger partial charge in [0, 0.05) is 25.3 Å². The van der Waals surface area contributed by atoms with Gasteiger partial charge in [-0.25, -0.2) is 4.79 Å². The summed E-state index contributed by atoms with van der Waals surface area (Å²) in [5.74, 6) is 0.887. The molecule has 1 fully saturated rings. The second-order valence-electron chi connectivity index (χ2n) is 6.87. The summed E-state index contributed by atoms with van der Waals surface area (Å²) in [5, 5.41) is 7.59. The number of nitrogens with one attached hydrogen (secondary N) is 1. The van der Waals surface area contributed by atoms with Gasteiger partial charge in [-0.05, 0) is 45.1 Å². The van der Waals surface area contributed by atoms with E-state index in [1.54, 1.807) is 6.26 Å². The minimum Gasteiger partial charge on any atom is -0.468 e. The summed E-state index contributed by atoms with van der Waals surface area (Å²) < 4.78 is 7.61. The average Bonchev–Trinajstić information content (AvgIpc) is 3.20. The topological polar surface area (TPSA) is 66.5 Å². The van der Waals surface area contributed by atoms with Gasteiger partial charge in [0.1, 0.15) is 5.76 Å². The van der Waals surface area contributed by atoms with E-state index < -0.39 is 0 Å². The molecule has 7 heteroatoms. The summed E-state index contributed by atoms with van der Waals surface area (Å²) in [6.07, 6.45) is 1.68. The van der Waals surface area contributed by atoms with Crippen molar-refractivity contribution in [2.75, 3.05) is 32.7 Å². The number of aromatic nitrogens is 2. The van der Waals surface area contributed by atoms with Crippen molar-refractivity contribution in [2.24, 2.45) is 0 Å². The van der Waals surface area contributed by atoms with Crippen LogP contribution in [0.15, 0.2) is 28.9 Å². The monoisotopic (exact) mass is 359 g/mol. The van der Waals surface area contributed by atoms with Gasteiger partial charge >= 0.3 is 6.03 Å². The van der Waals surface area contributed by atoms with Crippen LogP contribution in [0.4, 0.5) is 4.79 Å². The Morgan fingerprint density at radius 1 is 1.38 bits per heavy atom. The first-order valence-electron chi connectivity index (χ1n) is 9.36. The van der Waals surface area contributed by atoms with Crippen molar-refractivity contribution in [3.05, 3.63) is 41.6 Å². The van der Waals surface area contributed by atoms with E-state index in [1.165, 1.54) is 0 Å². The van der Waals surface area contributed by atoms with Crippen LogP contribution in [-0.2, 0) is 0 Å². The van der Waals surface area contributed by atoms with Crippen LogP contribution in [-0.4, -0.2) is 58.3 Å². The lowest BCUT2D eigenvalue weighted by atomic mass is 10.1. The van der Waals surface area contributed by atoms with E-state index >= 15 is 0 Å². The molecule has 0 aromatic carbocycles. The minimum atomic E-state index is -0.0218. The molecular weight excluding hydrogens is 330 g/mol. The zero-order valence-electron chi connectivity index (χ0n) is 16.1. The Kier molecular flexibility index (Phi) is 5.66. The third-order valence-electron chi connectivity index (χ3n) is 5.11. The zero-order chi connectivity index (χ0) is 18.7. The number of likely N-dealkylation sites (tertiary alicyclic amines) is 1. The molecule has 0 bridgehead atoms. The van der Waals surface area contributed by atoms with Crippen LogP contribution in [0.25, 0.3) is 0 Å². The van der Waals surface area contributed by atoms with Crippen LogP contribution in [0, 0.1) is 13.8 Å². The number of aryl methyl sites for hydroxylation is 2. The van der Waals surface area contributed by atoms with Crippen LogP contribution in [0.2, 0.25) is 0 Å². The Balaban J connectivity index is 1.54. The number of urea groups is 1. The largest absolute Gasteiger partial charge is 0.468 e. The molecule has 2 aromatic rings. The van der Waals surface area contributed by atoms with Gasteiger partial charge in [0.15, 0.2) is 0 Å². The highest BCUT2D eigenvalue weighted by molar-refractivity contribution is 5.75. The van der Waals surface area contributed by atoms with E-state index in [4.69, 9.17) is 4.42 Å². The second kappa shape index (κ2) is 7.95. The number of amides is 2. The third-order valence-corrected chi connectivity index (χ3v) is 5.11. The molecule has 1 N–H and O–H groups in total. The number of hydrogen-bond donors (Lipinski definition) is 1. The molecule has 3 heterocycles. The molecular formula is C19H29N5O2. The lowest BCUT2D eigenvalue weighted by Crippen LogP contribution is -2.55. The average molecular weight is 359 g/mol. The molecule has 1 saturated heterocycles. The maximum Gasteiger partial charge on any atom is 0.317 e. The molecule has 1 aliphatic heterocycles. The fourth-order valence-electron chi connectivity index (χ4n) is 3.64. The molecule has 7 nitrogen and oxygen atoms in total. The van der Waals surface area contributed by atoms with Crippen LogP contribution < -0.4 is 5.32 Å². The highest BCUT2D eigenvalue weighted by atomic mass is 16.3. The van der Waals surface area contributed by atoms with Crippen LogP contribution in [0.1, 0.15) is 43.1 Å². The Morgan fingerprint density at radius 2 is 2.12 bits per heavy atom. The molecule has 26 heavy (non-hydrogen) atoms. The molecule has 0 saturated carbocycles. The number of furan rings is 1. The first kappa shape index (κ1) is 18.5. The zero-order valence-corrected chi connectivity index (χ0v) is 16.1. The van der Waals surface area contributed by atoms with Gasteiger partial charge in [0.2, 0.25) is 0 Å². The third kappa shape index (κ3) is 3.77. The quantitative estimate of drug-likeness (QED) is 0.825. The van der Waals surface area contributed by atoms with E-state index in [0.29, 0.717) is 19.6 Å². The summed E-state index contributed by atoms with van der Waals surface area (Å²) in [6.45, 7) is 12.0. The highest BCUT2D eigenvalue weighted by Crippen LogP contribution is 2.24.